The number of hydrogen-bond donors (Lipinski definition) is 3. The van der Waals surface area contributed by atoms with Crippen molar-refractivity contribution >= 4 is 79.8 Å². The summed E-state index contributed by atoms with van der Waals surface area (Å²) in [4.78, 5) is 50.2. The van der Waals surface area contributed by atoms with Gasteiger partial charge in [-0.3, -0.25) is 14.5 Å². The lowest BCUT2D eigenvalue weighted by molar-refractivity contribution is -0.155. The third-order valence-corrected chi connectivity index (χ3v) is 8.46. The summed E-state index contributed by atoms with van der Waals surface area (Å²) >= 11 is 9.55. The molecule has 2 atom stereocenters. The molecule has 1 saturated heterocycles. The van der Waals surface area contributed by atoms with E-state index in [1.54, 1.807) is 4.90 Å². The highest BCUT2D eigenvalue weighted by atomic mass is 35.5. The molecule has 0 bridgehead atoms. The largest absolute Gasteiger partial charge is 0.477 e. The number of hydrogen-bond acceptors (Lipinski definition) is 13. The van der Waals surface area contributed by atoms with Gasteiger partial charge >= 0.3 is 5.97 Å². The second-order valence-corrected chi connectivity index (χ2v) is 11.4. The summed E-state index contributed by atoms with van der Waals surface area (Å²) in [5, 5.41) is 25.1. The van der Waals surface area contributed by atoms with Crippen LogP contribution in [0.3, 0.4) is 0 Å². The SMILES string of the molecule is CO/N=C(\C(=O)NC1C(=O)N2C(C(=O)O)=C(Sc3nnc(N(C)C)s3)CCC12)c1nc(N)sc1Cl. The van der Waals surface area contributed by atoms with Crippen molar-refractivity contribution < 1.29 is 24.3 Å². The minimum Gasteiger partial charge on any atom is -0.477 e. The lowest BCUT2D eigenvalue weighted by Gasteiger charge is -2.49. The zero-order chi connectivity index (χ0) is 25.4. The number of rotatable bonds is 8. The maximum Gasteiger partial charge on any atom is 0.353 e. The number of nitrogens with one attached hydrogen (secondary N) is 1. The van der Waals surface area contributed by atoms with Crippen LogP contribution < -0.4 is 16.0 Å². The van der Waals surface area contributed by atoms with Crippen molar-refractivity contribution in [3.8, 4) is 0 Å². The summed E-state index contributed by atoms with van der Waals surface area (Å²) in [6.07, 6.45) is 0.827. The normalized spacial score (nSPS) is 19.8. The number of carboxylic acid groups (broad SMARTS) is 1. The minimum atomic E-state index is -1.24. The first-order chi connectivity index (χ1) is 16.6. The summed E-state index contributed by atoms with van der Waals surface area (Å²) in [5.74, 6) is -2.53. The molecule has 35 heavy (non-hydrogen) atoms. The van der Waals surface area contributed by atoms with Gasteiger partial charge in [-0.25, -0.2) is 9.78 Å². The van der Waals surface area contributed by atoms with Gasteiger partial charge in [0.15, 0.2) is 15.2 Å². The molecule has 2 aromatic rings. The molecule has 4 heterocycles. The molecule has 17 heteroatoms. The van der Waals surface area contributed by atoms with Gasteiger partial charge in [0, 0.05) is 19.0 Å². The van der Waals surface area contributed by atoms with Crippen molar-refractivity contribution in [2.45, 2.75) is 29.3 Å². The van der Waals surface area contributed by atoms with Crippen LogP contribution in [0.25, 0.3) is 0 Å². The highest BCUT2D eigenvalue weighted by Gasteiger charge is 2.54. The molecule has 13 nitrogen and oxygen atoms in total. The first kappa shape index (κ1) is 25.2. The molecule has 2 aromatic heterocycles. The van der Waals surface area contributed by atoms with E-state index >= 15 is 0 Å². The minimum absolute atomic E-state index is 0.0275. The second kappa shape index (κ2) is 9.96. The number of aliphatic carboxylic acids is 1. The van der Waals surface area contributed by atoms with E-state index in [4.69, 9.17) is 22.2 Å². The molecule has 0 aliphatic carbocycles. The zero-order valence-corrected chi connectivity index (χ0v) is 21.7. The number of oxime groups is 1. The molecule has 0 aromatic carbocycles. The number of carbonyl (C=O) groups is 3. The van der Waals surface area contributed by atoms with E-state index in [0.29, 0.717) is 27.2 Å². The molecule has 4 N–H and O–H groups in total. The summed E-state index contributed by atoms with van der Waals surface area (Å²) < 4.78 is 0.707. The summed E-state index contributed by atoms with van der Waals surface area (Å²) in [6.45, 7) is 0. The molecule has 0 spiro atoms. The number of thioether (sulfide) groups is 1. The van der Waals surface area contributed by atoms with E-state index in [9.17, 15) is 19.5 Å². The molecule has 186 valence electrons. The smallest absolute Gasteiger partial charge is 0.353 e. The standard InChI is InChI=1S/C18H19ClN8O5S3/c1-26(2)17-23-24-18(35-17)33-7-5-4-6-8(14(29)27(6)11(7)15(30)31)21-13(28)10(25-32-3)9-12(19)34-16(20)22-9/h6,8H,4-5H2,1-3H3,(H2,20,22)(H,21,28)(H,30,31)/b25-10-. The Bertz CT molecular complexity index is 1260. The van der Waals surface area contributed by atoms with Crippen LogP contribution in [0.1, 0.15) is 18.5 Å². The lowest BCUT2D eigenvalue weighted by Crippen LogP contribution is -2.72. The predicted octanol–water partition coefficient (Wildman–Crippen LogP) is 1.22. The molecule has 0 radical (unpaired) electrons. The Labute approximate surface area is 216 Å². The van der Waals surface area contributed by atoms with Crippen molar-refractivity contribution in [3.05, 3.63) is 20.6 Å². The van der Waals surface area contributed by atoms with Crippen molar-refractivity contribution in [3.63, 3.8) is 0 Å². The lowest BCUT2D eigenvalue weighted by atomic mass is 9.86. The van der Waals surface area contributed by atoms with Crippen LogP contribution in [-0.2, 0) is 19.2 Å². The number of halogens is 1. The van der Waals surface area contributed by atoms with E-state index in [1.165, 1.54) is 35.1 Å². The predicted molar refractivity (Wildman–Crippen MR) is 132 cm³/mol. The number of carboxylic acids is 1. The average molecular weight is 559 g/mol. The number of nitrogens with two attached hydrogens (primary N) is 1. The van der Waals surface area contributed by atoms with Gasteiger partial charge in [-0.1, -0.05) is 51.2 Å². The molecule has 2 aliphatic heterocycles. The fourth-order valence-electron chi connectivity index (χ4n) is 3.61. The molecule has 4 rings (SSSR count). The first-order valence-electron chi connectivity index (χ1n) is 9.94. The third kappa shape index (κ3) is 4.78. The molecule has 0 saturated carbocycles. The number of amides is 2. The molecule has 2 amide bonds. The van der Waals surface area contributed by atoms with Crippen LogP contribution in [0.2, 0.25) is 4.34 Å². The van der Waals surface area contributed by atoms with Crippen LogP contribution in [0.15, 0.2) is 20.1 Å². The average Bonchev–Trinajstić information content (AvgIpc) is 3.40. The van der Waals surface area contributed by atoms with Crippen LogP contribution >= 0.6 is 46.0 Å². The fraction of sp³-hybridized carbons (Fsp3) is 0.389. The Kier molecular flexibility index (Phi) is 7.16. The van der Waals surface area contributed by atoms with Gasteiger partial charge in [-0.2, -0.15) is 0 Å². The summed E-state index contributed by atoms with van der Waals surface area (Å²) in [6, 6.07) is -1.48. The fourth-order valence-corrected chi connectivity index (χ4v) is 6.53. The van der Waals surface area contributed by atoms with Gasteiger partial charge < -0.3 is 25.9 Å². The number of β-lactam (4-membered cyclic amide) rings is 1. The van der Waals surface area contributed by atoms with E-state index in [2.05, 4.69) is 25.7 Å². The van der Waals surface area contributed by atoms with Gasteiger partial charge in [0.05, 0.1) is 6.04 Å². The van der Waals surface area contributed by atoms with E-state index in [-0.39, 0.29) is 26.6 Å². The van der Waals surface area contributed by atoms with E-state index < -0.39 is 29.9 Å². The number of aromatic nitrogens is 3. The highest BCUT2D eigenvalue weighted by Crippen LogP contribution is 2.44. The molecular formula is C18H19ClN8O5S3. The number of nitrogen functional groups attached to an aromatic ring is 1. The Balaban J connectivity index is 1.53. The van der Waals surface area contributed by atoms with Crippen molar-refractivity contribution in [1.82, 2.24) is 25.4 Å². The maximum absolute atomic E-state index is 13.0. The Hall–Kier alpha value is -2.95. The number of thiazole rings is 1. The molecule has 1 fully saturated rings. The van der Waals surface area contributed by atoms with Crippen molar-refractivity contribution in [2.24, 2.45) is 5.16 Å². The van der Waals surface area contributed by atoms with Crippen LogP contribution in [-0.4, -0.2) is 82.0 Å². The highest BCUT2D eigenvalue weighted by molar-refractivity contribution is 8.04. The number of nitrogens with zero attached hydrogens (tertiary/aromatic N) is 6. The Morgan fingerprint density at radius 1 is 1.37 bits per heavy atom. The Morgan fingerprint density at radius 3 is 2.69 bits per heavy atom. The second-order valence-electron chi connectivity index (χ2n) is 7.49. The molecule has 2 unspecified atom stereocenters. The third-order valence-electron chi connectivity index (χ3n) is 5.09. The quantitative estimate of drug-likeness (QED) is 0.241. The molecular weight excluding hydrogens is 540 g/mol. The van der Waals surface area contributed by atoms with Gasteiger partial charge in [-0.05, 0) is 12.8 Å². The maximum atomic E-state index is 13.0. The monoisotopic (exact) mass is 558 g/mol. The number of carbonyl (C=O) groups excluding carboxylic acids is 2. The number of allylic oxidation sites excluding steroid dienone is 1. The van der Waals surface area contributed by atoms with E-state index in [1.807, 2.05) is 14.1 Å². The van der Waals surface area contributed by atoms with Gasteiger partial charge in [0.25, 0.3) is 11.8 Å². The van der Waals surface area contributed by atoms with Crippen molar-refractivity contribution in [2.75, 3.05) is 31.8 Å². The van der Waals surface area contributed by atoms with Crippen molar-refractivity contribution in [1.29, 1.82) is 0 Å². The van der Waals surface area contributed by atoms with Gasteiger partial charge in [0.2, 0.25) is 5.13 Å². The first-order valence-corrected chi connectivity index (χ1v) is 12.8. The number of anilines is 2. The molecule has 2 aliphatic rings. The topological polar surface area (TPSA) is 176 Å². The zero-order valence-electron chi connectivity index (χ0n) is 18.5. The Morgan fingerprint density at radius 2 is 2.11 bits per heavy atom. The van der Waals surface area contributed by atoms with E-state index in [0.717, 1.165) is 11.3 Å². The van der Waals surface area contributed by atoms with Gasteiger partial charge in [-0.15, -0.1) is 10.2 Å². The summed E-state index contributed by atoms with van der Waals surface area (Å²) in [7, 11) is 4.90. The number of fused-ring (bicyclic) bond motifs is 1. The van der Waals surface area contributed by atoms with Crippen LogP contribution in [0.4, 0.5) is 10.3 Å². The van der Waals surface area contributed by atoms with Gasteiger partial charge in [0.1, 0.15) is 28.9 Å². The van der Waals surface area contributed by atoms with Crippen LogP contribution in [0, 0.1) is 0 Å². The summed E-state index contributed by atoms with van der Waals surface area (Å²) in [5.41, 5.74) is 5.31. The van der Waals surface area contributed by atoms with Crippen LogP contribution in [0.5, 0.6) is 0 Å².